The molecule has 0 saturated carbocycles. The molecular formula is C14H12BrFN2O3. The molecule has 0 aliphatic rings. The van der Waals surface area contributed by atoms with E-state index in [1.165, 1.54) is 24.3 Å². The second-order valence-electron chi connectivity index (χ2n) is 4.37. The van der Waals surface area contributed by atoms with Gasteiger partial charge in [0.1, 0.15) is 11.5 Å². The maximum Gasteiger partial charge on any atom is 0.293 e. The molecule has 0 aromatic heterocycles. The summed E-state index contributed by atoms with van der Waals surface area (Å²) >= 11 is 3.17. The molecular weight excluding hydrogens is 343 g/mol. The molecule has 1 atom stereocenters. The van der Waals surface area contributed by atoms with Gasteiger partial charge in [0.25, 0.3) is 5.69 Å². The fraction of sp³-hybridized carbons (Fsp3) is 0.143. The third-order valence-corrected chi connectivity index (χ3v) is 3.37. The SMILES string of the molecule is O=[N+]([O-])c1cc(Br)ccc1NCC(O)c1cccc(F)c1. The topological polar surface area (TPSA) is 75.4 Å². The van der Waals surface area contributed by atoms with Crippen LogP contribution in [-0.2, 0) is 0 Å². The first-order valence-corrected chi connectivity index (χ1v) is 6.88. The van der Waals surface area contributed by atoms with Gasteiger partial charge in [-0.25, -0.2) is 4.39 Å². The summed E-state index contributed by atoms with van der Waals surface area (Å²) in [5, 5.41) is 23.8. The smallest absolute Gasteiger partial charge is 0.293 e. The van der Waals surface area contributed by atoms with Gasteiger partial charge in [0.2, 0.25) is 0 Å². The summed E-state index contributed by atoms with van der Waals surface area (Å²) in [7, 11) is 0. The minimum atomic E-state index is -0.969. The summed E-state index contributed by atoms with van der Waals surface area (Å²) < 4.78 is 13.7. The van der Waals surface area contributed by atoms with Crippen molar-refractivity contribution in [3.05, 3.63) is 68.4 Å². The van der Waals surface area contributed by atoms with Crippen molar-refractivity contribution < 1.29 is 14.4 Å². The van der Waals surface area contributed by atoms with Crippen molar-refractivity contribution in [1.29, 1.82) is 0 Å². The predicted molar refractivity (Wildman–Crippen MR) is 80.6 cm³/mol. The second kappa shape index (κ2) is 6.64. The maximum atomic E-state index is 13.1. The van der Waals surface area contributed by atoms with E-state index in [-0.39, 0.29) is 12.2 Å². The van der Waals surface area contributed by atoms with E-state index >= 15 is 0 Å². The minimum absolute atomic E-state index is 0.0337. The molecule has 21 heavy (non-hydrogen) atoms. The molecule has 0 spiro atoms. The van der Waals surface area contributed by atoms with Crippen molar-refractivity contribution in [3.63, 3.8) is 0 Å². The highest BCUT2D eigenvalue weighted by Crippen LogP contribution is 2.28. The summed E-state index contributed by atoms with van der Waals surface area (Å²) in [5.74, 6) is -0.443. The number of hydrogen-bond donors (Lipinski definition) is 2. The van der Waals surface area contributed by atoms with Crippen LogP contribution >= 0.6 is 15.9 Å². The van der Waals surface area contributed by atoms with Gasteiger partial charge in [0.15, 0.2) is 0 Å². The molecule has 0 radical (unpaired) electrons. The van der Waals surface area contributed by atoms with Crippen LogP contribution in [-0.4, -0.2) is 16.6 Å². The van der Waals surface area contributed by atoms with Crippen molar-refractivity contribution >= 4 is 27.3 Å². The maximum absolute atomic E-state index is 13.1. The van der Waals surface area contributed by atoms with Crippen molar-refractivity contribution in [2.75, 3.05) is 11.9 Å². The standard InChI is InChI=1S/C14H12BrFN2O3/c15-10-4-5-12(13(7-10)18(20)21)17-8-14(19)9-2-1-3-11(16)6-9/h1-7,14,17,19H,8H2. The van der Waals surface area contributed by atoms with Crippen LogP contribution in [0.15, 0.2) is 46.9 Å². The Bertz CT molecular complexity index is 666. The summed E-state index contributed by atoms with van der Waals surface area (Å²) in [4.78, 5) is 10.5. The number of rotatable bonds is 5. The number of nitro benzene ring substituents is 1. The molecule has 1 unspecified atom stereocenters. The summed E-state index contributed by atoms with van der Waals surface area (Å²) in [6, 6.07) is 10.2. The lowest BCUT2D eigenvalue weighted by Crippen LogP contribution is -2.13. The zero-order valence-electron chi connectivity index (χ0n) is 10.8. The third-order valence-electron chi connectivity index (χ3n) is 2.88. The minimum Gasteiger partial charge on any atom is -0.387 e. The molecule has 2 N–H and O–H groups in total. The first-order valence-electron chi connectivity index (χ1n) is 6.08. The van der Waals surface area contributed by atoms with Crippen molar-refractivity contribution in [1.82, 2.24) is 0 Å². The lowest BCUT2D eigenvalue weighted by atomic mass is 10.1. The van der Waals surface area contributed by atoms with Crippen LogP contribution in [0.4, 0.5) is 15.8 Å². The number of nitro groups is 1. The fourth-order valence-electron chi connectivity index (χ4n) is 1.84. The number of benzene rings is 2. The average molecular weight is 355 g/mol. The van der Waals surface area contributed by atoms with E-state index in [2.05, 4.69) is 21.2 Å². The predicted octanol–water partition coefficient (Wildman–Crippen LogP) is 3.64. The van der Waals surface area contributed by atoms with Gasteiger partial charge in [0.05, 0.1) is 11.0 Å². The van der Waals surface area contributed by atoms with Crippen LogP contribution < -0.4 is 5.32 Å². The van der Waals surface area contributed by atoms with Crippen LogP contribution in [0.3, 0.4) is 0 Å². The lowest BCUT2D eigenvalue weighted by Gasteiger charge is -2.13. The van der Waals surface area contributed by atoms with Gasteiger partial charge in [-0.1, -0.05) is 28.1 Å². The van der Waals surface area contributed by atoms with Crippen LogP contribution in [0.25, 0.3) is 0 Å². The van der Waals surface area contributed by atoms with Gasteiger partial charge in [0, 0.05) is 17.1 Å². The van der Waals surface area contributed by atoms with Gasteiger partial charge in [-0.3, -0.25) is 10.1 Å². The Morgan fingerprint density at radius 2 is 2.10 bits per heavy atom. The molecule has 2 rings (SSSR count). The number of nitrogens with one attached hydrogen (secondary N) is 1. The highest BCUT2D eigenvalue weighted by molar-refractivity contribution is 9.10. The van der Waals surface area contributed by atoms with Gasteiger partial charge in [-0.05, 0) is 29.8 Å². The van der Waals surface area contributed by atoms with Crippen molar-refractivity contribution in [3.8, 4) is 0 Å². The Labute approximate surface area is 128 Å². The Hall–Kier alpha value is -1.99. The molecule has 0 aliphatic heterocycles. The number of halogens is 2. The summed E-state index contributed by atoms with van der Waals surface area (Å²) in [6.07, 6.45) is -0.969. The first-order chi connectivity index (χ1) is 9.97. The Balaban J connectivity index is 2.11. The Morgan fingerprint density at radius 3 is 2.76 bits per heavy atom. The number of anilines is 1. The number of aliphatic hydroxyl groups is 1. The van der Waals surface area contributed by atoms with Crippen molar-refractivity contribution in [2.45, 2.75) is 6.10 Å². The highest BCUT2D eigenvalue weighted by atomic mass is 79.9. The normalized spacial score (nSPS) is 12.0. The number of aliphatic hydroxyl groups excluding tert-OH is 1. The van der Waals surface area contributed by atoms with Crippen LogP contribution in [0.5, 0.6) is 0 Å². The zero-order chi connectivity index (χ0) is 15.4. The average Bonchev–Trinajstić information content (AvgIpc) is 2.45. The quantitative estimate of drug-likeness (QED) is 0.634. The Kier molecular flexibility index (Phi) is 4.87. The number of nitrogens with zero attached hydrogens (tertiary/aromatic N) is 1. The van der Waals surface area contributed by atoms with E-state index in [1.807, 2.05) is 0 Å². The molecule has 0 saturated heterocycles. The summed E-state index contributed by atoms with van der Waals surface area (Å²) in [5.41, 5.74) is 0.594. The lowest BCUT2D eigenvalue weighted by molar-refractivity contribution is -0.384. The molecule has 0 amide bonds. The molecule has 5 nitrogen and oxygen atoms in total. The Morgan fingerprint density at radius 1 is 1.33 bits per heavy atom. The highest BCUT2D eigenvalue weighted by Gasteiger charge is 2.15. The van der Waals surface area contributed by atoms with E-state index in [9.17, 15) is 19.6 Å². The van der Waals surface area contributed by atoms with Crippen LogP contribution in [0, 0.1) is 15.9 Å². The van der Waals surface area contributed by atoms with Gasteiger partial charge >= 0.3 is 0 Å². The first kappa shape index (κ1) is 15.4. The largest absolute Gasteiger partial charge is 0.387 e. The van der Waals surface area contributed by atoms with E-state index < -0.39 is 16.8 Å². The summed E-state index contributed by atoms with van der Waals surface area (Å²) in [6.45, 7) is 0.0337. The number of hydrogen-bond acceptors (Lipinski definition) is 4. The third kappa shape index (κ3) is 3.99. The van der Waals surface area contributed by atoms with Crippen molar-refractivity contribution in [2.24, 2.45) is 0 Å². The zero-order valence-corrected chi connectivity index (χ0v) is 12.4. The molecule has 2 aromatic rings. The molecule has 0 aliphatic carbocycles. The molecule has 110 valence electrons. The molecule has 0 bridgehead atoms. The van der Waals surface area contributed by atoms with Crippen LogP contribution in [0.1, 0.15) is 11.7 Å². The van der Waals surface area contributed by atoms with Gasteiger partial charge < -0.3 is 10.4 Å². The van der Waals surface area contributed by atoms with E-state index in [0.717, 1.165) is 0 Å². The monoisotopic (exact) mass is 354 g/mol. The molecule has 0 fully saturated rings. The second-order valence-corrected chi connectivity index (χ2v) is 5.29. The van der Waals surface area contributed by atoms with E-state index in [4.69, 9.17) is 0 Å². The molecule has 2 aromatic carbocycles. The van der Waals surface area contributed by atoms with Gasteiger partial charge in [-0.15, -0.1) is 0 Å². The fourth-order valence-corrected chi connectivity index (χ4v) is 2.19. The van der Waals surface area contributed by atoms with E-state index in [1.54, 1.807) is 18.2 Å². The molecule has 0 heterocycles. The van der Waals surface area contributed by atoms with E-state index in [0.29, 0.717) is 15.7 Å². The van der Waals surface area contributed by atoms with Crippen LogP contribution in [0.2, 0.25) is 0 Å². The van der Waals surface area contributed by atoms with Gasteiger partial charge in [-0.2, -0.15) is 0 Å². The molecule has 7 heteroatoms.